The Morgan fingerprint density at radius 2 is 1.47 bits per heavy atom. The first kappa shape index (κ1) is 56.9. The summed E-state index contributed by atoms with van der Waals surface area (Å²) in [5.74, 6) is 2.87. The first-order valence-electron chi connectivity index (χ1n) is 27.8. The minimum absolute atomic E-state index is 0.0151. The lowest BCUT2D eigenvalue weighted by Crippen LogP contribution is -2.55. The summed E-state index contributed by atoms with van der Waals surface area (Å²) in [5, 5.41) is 24.2. The van der Waals surface area contributed by atoms with Crippen LogP contribution in [0.3, 0.4) is 0 Å². The van der Waals surface area contributed by atoms with Gasteiger partial charge in [-0.15, -0.1) is 11.3 Å². The van der Waals surface area contributed by atoms with Gasteiger partial charge in [0.05, 0.1) is 81.8 Å². The lowest BCUT2D eigenvalue weighted by molar-refractivity contribution is -0.139. The van der Waals surface area contributed by atoms with Gasteiger partial charge in [0.25, 0.3) is 0 Å². The molecule has 2 saturated heterocycles. The minimum atomic E-state index is -0.531. The molecule has 3 atom stereocenters. The van der Waals surface area contributed by atoms with Gasteiger partial charge < -0.3 is 59.1 Å². The second-order valence-electron chi connectivity index (χ2n) is 20.4. The number of rotatable bonds is 26. The Kier molecular flexibility index (Phi) is 20.4. The van der Waals surface area contributed by atoms with E-state index in [-0.39, 0.29) is 29.8 Å². The monoisotopic (exact) mass is 1090 g/mol. The van der Waals surface area contributed by atoms with Gasteiger partial charge in [0.2, 0.25) is 11.8 Å². The van der Waals surface area contributed by atoms with Crippen LogP contribution < -0.4 is 35.1 Å². The second-order valence-corrected chi connectivity index (χ2v) is 21.3. The SMILES string of the molecule is CN[C@@H](C)C(=O)N[C@H](C(=O)N1CCC[C@H]1c1nc(-c2ccc(OCCOCCOCCOCCOc3cc(Nc4cc(-c5cc(C#N)ccc5OC)ccn4)ccc3N3CCN(C)CC3)c3ccccc23)cs1)C1CCCCC1. The third-order valence-electron chi connectivity index (χ3n) is 15.2. The van der Waals surface area contributed by atoms with Crippen LogP contribution in [-0.2, 0) is 23.8 Å². The molecule has 1 saturated carbocycles. The van der Waals surface area contributed by atoms with Gasteiger partial charge in [0.1, 0.15) is 47.3 Å². The molecule has 3 fully saturated rings. The number of methoxy groups -OCH3 is 1. The summed E-state index contributed by atoms with van der Waals surface area (Å²) >= 11 is 1.60. The Balaban J connectivity index is 0.707. The van der Waals surface area contributed by atoms with Crippen molar-refractivity contribution in [3.05, 3.63) is 107 Å². The molecule has 3 N–H and O–H groups in total. The molecule has 6 aromatic rings. The number of benzene rings is 4. The molecule has 0 bridgehead atoms. The Bertz CT molecular complexity index is 3010. The number of carbonyl (C=O) groups excluding carboxylic acids is 2. The van der Waals surface area contributed by atoms with Crippen molar-refractivity contribution in [1.82, 2.24) is 30.4 Å². The quantitative estimate of drug-likeness (QED) is 0.0437. The largest absolute Gasteiger partial charge is 0.496 e. The molecular formula is C61H75N9O8S. The molecule has 18 heteroatoms. The number of hydrogen-bond acceptors (Lipinski definition) is 16. The highest BCUT2D eigenvalue weighted by Crippen LogP contribution is 2.41. The van der Waals surface area contributed by atoms with Crippen LogP contribution in [0.15, 0.2) is 96.5 Å². The first-order chi connectivity index (χ1) is 38.7. The van der Waals surface area contributed by atoms with Crippen molar-refractivity contribution in [3.8, 4) is 45.7 Å². The third-order valence-corrected chi connectivity index (χ3v) is 16.2. The van der Waals surface area contributed by atoms with Crippen LogP contribution >= 0.6 is 11.3 Å². The summed E-state index contributed by atoms with van der Waals surface area (Å²) in [6, 6.07) is 28.8. The highest BCUT2D eigenvalue weighted by Gasteiger charge is 2.40. The lowest BCUT2D eigenvalue weighted by Gasteiger charge is -2.35. The van der Waals surface area contributed by atoms with E-state index >= 15 is 0 Å². The van der Waals surface area contributed by atoms with Gasteiger partial charge in [-0.3, -0.25) is 9.59 Å². The van der Waals surface area contributed by atoms with Crippen LogP contribution in [0.5, 0.6) is 17.2 Å². The van der Waals surface area contributed by atoms with Crippen LogP contribution in [0.4, 0.5) is 17.2 Å². The molecule has 4 aromatic carbocycles. The average molecular weight is 1090 g/mol. The van der Waals surface area contributed by atoms with E-state index in [0.29, 0.717) is 76.5 Å². The summed E-state index contributed by atoms with van der Waals surface area (Å²) in [4.78, 5) is 43.9. The summed E-state index contributed by atoms with van der Waals surface area (Å²) in [7, 11) is 5.53. The molecule has 0 spiro atoms. The summed E-state index contributed by atoms with van der Waals surface area (Å²) in [6.45, 7) is 9.46. The zero-order valence-electron chi connectivity index (χ0n) is 46.0. The number of hydrogen-bond donors (Lipinski definition) is 3. The number of pyridine rings is 1. The van der Waals surface area contributed by atoms with Gasteiger partial charge in [-0.05, 0) is 118 Å². The maximum atomic E-state index is 14.4. The van der Waals surface area contributed by atoms with Crippen LogP contribution in [0.2, 0.25) is 0 Å². The number of anilines is 3. The Morgan fingerprint density at radius 3 is 2.19 bits per heavy atom. The number of likely N-dealkylation sites (N-methyl/N-ethyl adjacent to an activating group) is 2. The molecule has 1 aliphatic carbocycles. The van der Waals surface area contributed by atoms with E-state index in [2.05, 4.69) is 73.5 Å². The van der Waals surface area contributed by atoms with Gasteiger partial charge in [-0.1, -0.05) is 43.5 Å². The Hall–Kier alpha value is -6.85. The van der Waals surface area contributed by atoms with Crippen LogP contribution in [0.1, 0.15) is 68.5 Å². The standard InChI is InChI=1S/C61H75N9O8S/c1-42(63-2)59(71)67-58(44-11-6-5-7-12-44)61(72)70-24-10-15-53(70)60-66-51(41-79-60)48-18-21-55(49-14-9-8-13-47(48)49)77-35-33-75-31-29-74-30-32-76-34-36-78-56-39-46(17-19-52(56)69-27-25-68(3)26-28-69)65-57-38-45(22-23-64-57)50-37-43(40-62)16-20-54(50)73-4/h8-9,13-14,16-23,37-39,41-42,44,53,58,63H,5-7,10-12,15,24-36H2,1-4H3,(H,64,65)(H,67,71)/t42-,53-,58-/m0/s1. The maximum Gasteiger partial charge on any atom is 0.246 e. The molecule has 3 aliphatic rings. The Labute approximate surface area is 468 Å². The average Bonchev–Trinajstić information content (AvgIpc) is 4.25. The predicted molar refractivity (Wildman–Crippen MR) is 310 cm³/mol. The number of carbonyl (C=O) groups is 2. The molecular weight excluding hydrogens is 1020 g/mol. The number of nitrogens with one attached hydrogen (secondary N) is 3. The summed E-state index contributed by atoms with van der Waals surface area (Å²) < 4.78 is 35.8. The number of aromatic nitrogens is 2. The predicted octanol–water partition coefficient (Wildman–Crippen LogP) is 9.25. The van der Waals surface area contributed by atoms with Crippen molar-refractivity contribution < 1.29 is 38.0 Å². The zero-order chi connectivity index (χ0) is 54.9. The van der Waals surface area contributed by atoms with Crippen molar-refractivity contribution in [2.75, 3.05) is 117 Å². The molecule has 418 valence electrons. The molecule has 0 unspecified atom stereocenters. The number of ether oxygens (including phenoxy) is 6. The third kappa shape index (κ3) is 14.7. The Morgan fingerprint density at radius 1 is 0.759 bits per heavy atom. The van der Waals surface area contributed by atoms with E-state index in [1.54, 1.807) is 43.8 Å². The van der Waals surface area contributed by atoms with E-state index in [0.717, 1.165) is 126 Å². The summed E-state index contributed by atoms with van der Waals surface area (Å²) in [5.41, 5.74) is 5.98. The van der Waals surface area contributed by atoms with Gasteiger partial charge in [0.15, 0.2) is 0 Å². The fraction of sp³-hybridized carbons (Fsp3) is 0.459. The summed E-state index contributed by atoms with van der Waals surface area (Å²) in [6.07, 6.45) is 8.72. The maximum absolute atomic E-state index is 14.4. The van der Waals surface area contributed by atoms with E-state index < -0.39 is 6.04 Å². The number of nitriles is 1. The van der Waals surface area contributed by atoms with E-state index in [9.17, 15) is 14.9 Å². The highest BCUT2D eigenvalue weighted by atomic mass is 32.1. The van der Waals surface area contributed by atoms with Gasteiger partial charge in [-0.25, -0.2) is 9.97 Å². The molecule has 0 radical (unpaired) electrons. The number of fused-ring (bicyclic) bond motifs is 1. The van der Waals surface area contributed by atoms with E-state index in [1.165, 1.54) is 6.42 Å². The zero-order valence-corrected chi connectivity index (χ0v) is 46.9. The number of thiazole rings is 1. The topological polar surface area (TPSA) is 185 Å². The minimum Gasteiger partial charge on any atom is -0.496 e. The fourth-order valence-corrected chi connectivity index (χ4v) is 11.7. The molecule has 2 amide bonds. The van der Waals surface area contributed by atoms with Gasteiger partial charge >= 0.3 is 0 Å². The highest BCUT2D eigenvalue weighted by molar-refractivity contribution is 7.10. The van der Waals surface area contributed by atoms with Gasteiger partial charge in [-0.2, -0.15) is 5.26 Å². The van der Waals surface area contributed by atoms with Crippen molar-refractivity contribution >= 4 is 51.1 Å². The van der Waals surface area contributed by atoms with Crippen LogP contribution in [0, 0.1) is 17.2 Å². The van der Waals surface area contributed by atoms with Crippen LogP contribution in [-0.4, -0.2) is 150 Å². The van der Waals surface area contributed by atoms with Crippen molar-refractivity contribution in [1.29, 1.82) is 5.26 Å². The number of likely N-dealkylation sites (tertiary alicyclic amines) is 1. The molecule has 4 heterocycles. The first-order valence-corrected chi connectivity index (χ1v) is 28.7. The van der Waals surface area contributed by atoms with Crippen molar-refractivity contribution in [2.24, 2.45) is 5.92 Å². The smallest absolute Gasteiger partial charge is 0.246 e. The number of nitrogens with zero attached hydrogens (tertiary/aromatic N) is 6. The second kappa shape index (κ2) is 28.3. The van der Waals surface area contributed by atoms with Crippen molar-refractivity contribution in [3.63, 3.8) is 0 Å². The fourth-order valence-electron chi connectivity index (χ4n) is 10.7. The molecule has 79 heavy (non-hydrogen) atoms. The molecule has 2 aliphatic heterocycles. The molecule has 17 nitrogen and oxygen atoms in total. The van der Waals surface area contributed by atoms with E-state index in [4.69, 9.17) is 33.4 Å². The lowest BCUT2D eigenvalue weighted by atomic mass is 9.83. The van der Waals surface area contributed by atoms with Crippen molar-refractivity contribution in [2.45, 2.75) is 70.0 Å². The normalized spacial score (nSPS) is 16.8. The van der Waals surface area contributed by atoms with E-state index in [1.807, 2.05) is 60.4 Å². The molecule has 9 rings (SSSR count). The number of piperazine rings is 1. The van der Waals surface area contributed by atoms with Crippen LogP contribution in [0.25, 0.3) is 33.2 Å². The molecule has 2 aromatic heterocycles. The van der Waals surface area contributed by atoms with Gasteiger partial charge in [0, 0.05) is 72.6 Å². The number of amides is 2.